The Balaban J connectivity index is 1.96. The minimum atomic E-state index is -4.56. The van der Waals surface area contributed by atoms with Gasteiger partial charge in [0.2, 0.25) is 10.0 Å². The molecule has 0 unspecified atom stereocenters. The maximum absolute atomic E-state index is 13.5. The molecule has 0 atom stereocenters. The molecule has 1 N–H and O–H groups in total. The Hall–Kier alpha value is -2.82. The lowest BCUT2D eigenvalue weighted by atomic mass is 10.1. The molecule has 0 aliphatic heterocycles. The summed E-state index contributed by atoms with van der Waals surface area (Å²) in [6.45, 7) is 3.16. The fourth-order valence-electron chi connectivity index (χ4n) is 3.45. The Morgan fingerprint density at radius 3 is 2.27 bits per heavy atom. The van der Waals surface area contributed by atoms with Crippen molar-refractivity contribution in [1.82, 2.24) is 8.87 Å². The average molecular weight is 500 g/mol. The van der Waals surface area contributed by atoms with Gasteiger partial charge < -0.3 is 9.88 Å². The number of aromatic nitrogens is 1. The van der Waals surface area contributed by atoms with Crippen molar-refractivity contribution in [2.24, 2.45) is 0 Å². The van der Waals surface area contributed by atoms with E-state index in [9.17, 15) is 26.4 Å². The normalized spacial score (nSPS) is 12.3. The lowest BCUT2D eigenvalue weighted by molar-refractivity contribution is -0.137. The average Bonchev–Trinajstić information content (AvgIpc) is 3.01. The van der Waals surface area contributed by atoms with Crippen molar-refractivity contribution in [1.29, 1.82) is 0 Å². The number of carbonyl (C=O) groups is 1. The second kappa shape index (κ2) is 8.85. The molecule has 0 aliphatic carbocycles. The van der Waals surface area contributed by atoms with Crippen molar-refractivity contribution in [2.45, 2.75) is 24.9 Å². The molecule has 0 bridgehead atoms. The van der Waals surface area contributed by atoms with Crippen molar-refractivity contribution < 1.29 is 26.4 Å². The number of para-hydroxylation sites is 1. The third-order valence-corrected chi connectivity index (χ3v) is 7.37. The van der Waals surface area contributed by atoms with E-state index in [0.29, 0.717) is 11.4 Å². The van der Waals surface area contributed by atoms with Crippen molar-refractivity contribution in [3.05, 3.63) is 76.1 Å². The highest BCUT2D eigenvalue weighted by molar-refractivity contribution is 7.89. The number of anilines is 1. The quantitative estimate of drug-likeness (QED) is 0.520. The van der Waals surface area contributed by atoms with E-state index in [-0.39, 0.29) is 26.9 Å². The first kappa shape index (κ1) is 24.8. The van der Waals surface area contributed by atoms with Crippen LogP contribution in [-0.2, 0) is 16.2 Å². The zero-order chi connectivity index (χ0) is 24.7. The monoisotopic (exact) mass is 499 g/mol. The lowest BCUT2D eigenvalue weighted by Gasteiger charge is -2.17. The summed E-state index contributed by atoms with van der Waals surface area (Å²) < 4.78 is 67.5. The number of amides is 1. The molecule has 2 aromatic carbocycles. The van der Waals surface area contributed by atoms with Crippen LogP contribution in [0.15, 0.2) is 53.4 Å². The van der Waals surface area contributed by atoms with Gasteiger partial charge in [-0.15, -0.1) is 0 Å². The summed E-state index contributed by atoms with van der Waals surface area (Å²) in [7, 11) is -1.03. The molecule has 33 heavy (non-hydrogen) atoms. The summed E-state index contributed by atoms with van der Waals surface area (Å²) in [5.74, 6) is -0.571. The third kappa shape index (κ3) is 4.78. The number of carbonyl (C=O) groups excluding carboxylic acids is 1. The van der Waals surface area contributed by atoms with Crippen LogP contribution in [0.3, 0.4) is 0 Å². The fraction of sp³-hybridized carbons (Fsp3) is 0.227. The van der Waals surface area contributed by atoms with Crippen LogP contribution in [0.2, 0.25) is 5.02 Å². The lowest BCUT2D eigenvalue weighted by Crippen LogP contribution is -2.22. The summed E-state index contributed by atoms with van der Waals surface area (Å²) in [6, 6.07) is 10.6. The van der Waals surface area contributed by atoms with E-state index in [1.54, 1.807) is 13.8 Å². The highest BCUT2D eigenvalue weighted by Gasteiger charge is 2.34. The van der Waals surface area contributed by atoms with Gasteiger partial charge in [0.05, 0.1) is 21.8 Å². The maximum Gasteiger partial charge on any atom is 0.418 e. The zero-order valence-electron chi connectivity index (χ0n) is 18.2. The first-order valence-corrected chi connectivity index (χ1v) is 11.5. The number of hydrogen-bond acceptors (Lipinski definition) is 3. The molecule has 0 saturated carbocycles. The molecule has 1 heterocycles. The molecule has 0 aliphatic rings. The Labute approximate surface area is 194 Å². The van der Waals surface area contributed by atoms with E-state index in [0.717, 1.165) is 10.4 Å². The molecule has 11 heteroatoms. The first-order chi connectivity index (χ1) is 15.2. The van der Waals surface area contributed by atoms with E-state index in [4.69, 9.17) is 11.6 Å². The Bertz CT molecular complexity index is 1330. The highest BCUT2D eigenvalue weighted by atomic mass is 35.5. The standard InChI is InChI=1S/C22H21ClF3N3O3S/c1-13-11-16(14(2)29(13)19-8-6-5-7-17(19)22(24,25)26)21(30)27-15-9-10-20(18(23)12-15)33(31,32)28(3)4/h5-12H,1-4H3,(H,27,30). The molecule has 176 valence electrons. The van der Waals surface area contributed by atoms with Crippen LogP contribution in [0.25, 0.3) is 5.69 Å². The van der Waals surface area contributed by atoms with E-state index >= 15 is 0 Å². The van der Waals surface area contributed by atoms with Gasteiger partial charge in [-0.25, -0.2) is 12.7 Å². The molecule has 0 saturated heterocycles. The molecule has 1 amide bonds. The number of nitrogens with zero attached hydrogens (tertiary/aromatic N) is 2. The number of halogens is 4. The first-order valence-electron chi connectivity index (χ1n) is 9.64. The minimum absolute atomic E-state index is 0.0777. The molecule has 3 rings (SSSR count). The second-order valence-electron chi connectivity index (χ2n) is 7.52. The van der Waals surface area contributed by atoms with E-state index in [1.165, 1.54) is 61.1 Å². The van der Waals surface area contributed by atoms with E-state index in [2.05, 4.69) is 5.32 Å². The van der Waals surface area contributed by atoms with Crippen LogP contribution >= 0.6 is 11.6 Å². The number of rotatable bonds is 5. The number of nitrogens with one attached hydrogen (secondary N) is 1. The van der Waals surface area contributed by atoms with Gasteiger partial charge in [0, 0.05) is 31.2 Å². The summed E-state index contributed by atoms with van der Waals surface area (Å²) in [6.07, 6.45) is -4.56. The smallest absolute Gasteiger partial charge is 0.322 e. The van der Waals surface area contributed by atoms with Gasteiger partial charge in [-0.2, -0.15) is 13.2 Å². The summed E-state index contributed by atoms with van der Waals surface area (Å²) in [4.78, 5) is 12.8. The number of benzene rings is 2. The van der Waals surface area contributed by atoms with E-state index < -0.39 is 27.7 Å². The Morgan fingerprint density at radius 2 is 1.70 bits per heavy atom. The van der Waals surface area contributed by atoms with Crippen molar-refractivity contribution in [3.8, 4) is 5.69 Å². The number of aryl methyl sites for hydroxylation is 1. The highest BCUT2D eigenvalue weighted by Crippen LogP contribution is 2.35. The predicted octanol–water partition coefficient (Wildman–Crippen LogP) is 5.27. The van der Waals surface area contributed by atoms with Crippen LogP contribution < -0.4 is 5.32 Å². The minimum Gasteiger partial charge on any atom is -0.322 e. The van der Waals surface area contributed by atoms with Crippen LogP contribution in [-0.4, -0.2) is 37.3 Å². The van der Waals surface area contributed by atoms with Crippen molar-refractivity contribution in [2.75, 3.05) is 19.4 Å². The van der Waals surface area contributed by atoms with Gasteiger partial charge in [0.15, 0.2) is 0 Å². The van der Waals surface area contributed by atoms with Crippen molar-refractivity contribution >= 4 is 33.2 Å². The summed E-state index contributed by atoms with van der Waals surface area (Å²) in [5, 5.41) is 2.54. The Morgan fingerprint density at radius 1 is 1.06 bits per heavy atom. The predicted molar refractivity (Wildman–Crippen MR) is 121 cm³/mol. The maximum atomic E-state index is 13.5. The molecule has 1 aromatic heterocycles. The second-order valence-corrected chi connectivity index (χ2v) is 10.0. The molecular formula is C22H21ClF3N3O3S. The van der Waals surface area contributed by atoms with Gasteiger partial charge in [0.1, 0.15) is 4.90 Å². The zero-order valence-corrected chi connectivity index (χ0v) is 19.7. The molecule has 6 nitrogen and oxygen atoms in total. The van der Waals surface area contributed by atoms with Crippen LogP contribution in [0.4, 0.5) is 18.9 Å². The number of hydrogen-bond donors (Lipinski definition) is 1. The third-order valence-electron chi connectivity index (χ3n) is 5.07. The van der Waals surface area contributed by atoms with Crippen LogP contribution in [0, 0.1) is 13.8 Å². The number of alkyl halides is 3. The van der Waals surface area contributed by atoms with Crippen LogP contribution in [0.1, 0.15) is 27.3 Å². The molecule has 3 aromatic rings. The fourth-order valence-corrected chi connectivity index (χ4v) is 4.87. The van der Waals surface area contributed by atoms with Gasteiger partial charge in [-0.1, -0.05) is 23.7 Å². The van der Waals surface area contributed by atoms with Gasteiger partial charge in [0.25, 0.3) is 5.91 Å². The van der Waals surface area contributed by atoms with Crippen LogP contribution in [0.5, 0.6) is 0 Å². The van der Waals surface area contributed by atoms with E-state index in [1.807, 2.05) is 0 Å². The largest absolute Gasteiger partial charge is 0.418 e. The molecular weight excluding hydrogens is 479 g/mol. The Kier molecular flexibility index (Phi) is 6.65. The van der Waals surface area contributed by atoms with Gasteiger partial charge in [-0.05, 0) is 50.2 Å². The topological polar surface area (TPSA) is 71.4 Å². The SMILES string of the molecule is Cc1cc(C(=O)Nc2ccc(S(=O)(=O)N(C)C)c(Cl)c2)c(C)n1-c1ccccc1C(F)(F)F. The van der Waals surface area contributed by atoms with Gasteiger partial charge in [-0.3, -0.25) is 4.79 Å². The molecule has 0 fully saturated rings. The van der Waals surface area contributed by atoms with Crippen molar-refractivity contribution in [3.63, 3.8) is 0 Å². The van der Waals surface area contributed by atoms with Gasteiger partial charge >= 0.3 is 6.18 Å². The molecule has 0 radical (unpaired) electrons. The summed E-state index contributed by atoms with van der Waals surface area (Å²) >= 11 is 6.12. The summed E-state index contributed by atoms with van der Waals surface area (Å²) in [5.41, 5.74) is 0.275. The number of sulfonamides is 1. The molecule has 0 spiro atoms.